The summed E-state index contributed by atoms with van der Waals surface area (Å²) in [4.78, 5) is 12.1. The molecule has 1 amide bonds. The average molecular weight is 470 g/mol. The molecule has 0 aliphatic heterocycles. The molecule has 0 saturated heterocycles. The van der Waals surface area contributed by atoms with Gasteiger partial charge in [-0.2, -0.15) is 23.0 Å². The zero-order valence-corrected chi connectivity index (χ0v) is 17.6. The lowest BCUT2D eigenvalue weighted by atomic mass is 10.3. The predicted molar refractivity (Wildman–Crippen MR) is 111 cm³/mol. The van der Waals surface area contributed by atoms with Crippen LogP contribution in [0, 0.1) is 0 Å². The highest BCUT2D eigenvalue weighted by molar-refractivity contribution is 6.32. The number of carbonyl (C=O) groups excluding carboxylic acids is 1. The van der Waals surface area contributed by atoms with E-state index in [1.165, 1.54) is 19.2 Å². The summed E-state index contributed by atoms with van der Waals surface area (Å²) in [7, 11) is 1.51. The molecular weight excluding hydrogens is 451 g/mol. The van der Waals surface area contributed by atoms with E-state index in [0.29, 0.717) is 17.6 Å². The minimum Gasteiger partial charge on any atom is -0.493 e. The number of aromatic nitrogens is 2. The molecule has 7 nitrogen and oxygen atoms in total. The first-order valence-corrected chi connectivity index (χ1v) is 9.75. The van der Waals surface area contributed by atoms with Crippen LogP contribution < -0.4 is 19.5 Å². The van der Waals surface area contributed by atoms with Gasteiger partial charge in [-0.3, -0.25) is 4.79 Å². The molecule has 0 aliphatic carbocycles. The van der Waals surface area contributed by atoms with Crippen LogP contribution in [0.1, 0.15) is 5.69 Å². The van der Waals surface area contributed by atoms with Crippen LogP contribution >= 0.6 is 11.6 Å². The van der Waals surface area contributed by atoms with Crippen LogP contribution in [0.3, 0.4) is 0 Å². The summed E-state index contributed by atoms with van der Waals surface area (Å²) < 4.78 is 56.3. The summed E-state index contributed by atoms with van der Waals surface area (Å²) in [5.41, 5.74) is -0.983. The first-order chi connectivity index (χ1) is 15.3. The fraction of sp³-hybridized carbons (Fsp3) is 0.238. The van der Waals surface area contributed by atoms with Crippen LogP contribution in [0.2, 0.25) is 5.02 Å². The molecule has 3 rings (SSSR count). The van der Waals surface area contributed by atoms with Gasteiger partial charge in [0.25, 0.3) is 5.91 Å². The number of ether oxygens (including phenoxy) is 3. The van der Waals surface area contributed by atoms with Crippen molar-refractivity contribution in [1.29, 1.82) is 0 Å². The Hall–Kier alpha value is -3.40. The normalized spacial score (nSPS) is 11.2. The fourth-order valence-corrected chi connectivity index (χ4v) is 2.90. The van der Waals surface area contributed by atoms with E-state index in [4.69, 9.17) is 25.8 Å². The molecule has 1 heterocycles. The average Bonchev–Trinajstić information content (AvgIpc) is 3.20. The second-order valence-electron chi connectivity index (χ2n) is 6.37. The minimum atomic E-state index is -4.69. The number of carbonyl (C=O) groups is 1. The van der Waals surface area contributed by atoms with Gasteiger partial charge >= 0.3 is 6.18 Å². The molecule has 170 valence electrons. The molecule has 11 heteroatoms. The van der Waals surface area contributed by atoms with Gasteiger partial charge in [-0.1, -0.05) is 35.9 Å². The maximum atomic E-state index is 13.1. The molecule has 32 heavy (non-hydrogen) atoms. The van der Waals surface area contributed by atoms with Gasteiger partial charge in [0.2, 0.25) is 5.88 Å². The third kappa shape index (κ3) is 5.85. The number of hydrogen-bond acceptors (Lipinski definition) is 5. The van der Waals surface area contributed by atoms with Gasteiger partial charge in [0.05, 0.1) is 24.4 Å². The molecule has 0 fully saturated rings. The lowest BCUT2D eigenvalue weighted by Gasteiger charge is -2.12. The molecule has 2 aromatic carbocycles. The van der Waals surface area contributed by atoms with Crippen molar-refractivity contribution in [2.75, 3.05) is 26.9 Å². The molecule has 0 atom stereocenters. The van der Waals surface area contributed by atoms with Gasteiger partial charge in [0.1, 0.15) is 6.61 Å². The number of para-hydroxylation sites is 3. The highest BCUT2D eigenvalue weighted by Gasteiger charge is 2.36. The van der Waals surface area contributed by atoms with Crippen LogP contribution in [0.15, 0.2) is 54.6 Å². The number of halogens is 4. The van der Waals surface area contributed by atoms with Crippen molar-refractivity contribution >= 4 is 17.5 Å². The number of methoxy groups -OCH3 is 1. The number of hydrogen-bond donors (Lipinski definition) is 1. The lowest BCUT2D eigenvalue weighted by Crippen LogP contribution is -2.32. The van der Waals surface area contributed by atoms with Gasteiger partial charge in [-0.25, -0.2) is 0 Å². The van der Waals surface area contributed by atoms with Gasteiger partial charge in [-0.15, -0.1) is 0 Å². The summed E-state index contributed by atoms with van der Waals surface area (Å²) in [5.74, 6) is 0.249. The monoisotopic (exact) mass is 469 g/mol. The quantitative estimate of drug-likeness (QED) is 0.477. The van der Waals surface area contributed by atoms with Crippen molar-refractivity contribution in [2.45, 2.75) is 6.18 Å². The topological polar surface area (TPSA) is 74.6 Å². The number of rotatable bonds is 9. The summed E-state index contributed by atoms with van der Waals surface area (Å²) in [6.45, 7) is -0.220. The van der Waals surface area contributed by atoms with Crippen molar-refractivity contribution in [2.24, 2.45) is 0 Å². The maximum absolute atomic E-state index is 13.1. The zero-order chi connectivity index (χ0) is 23.1. The zero-order valence-electron chi connectivity index (χ0n) is 16.9. The highest BCUT2D eigenvalue weighted by Crippen LogP contribution is 2.33. The Bertz CT molecular complexity index is 1070. The van der Waals surface area contributed by atoms with E-state index in [1.807, 2.05) is 0 Å². The third-order valence-corrected chi connectivity index (χ3v) is 4.47. The second-order valence-corrected chi connectivity index (χ2v) is 6.77. The van der Waals surface area contributed by atoms with E-state index < -0.39 is 24.4 Å². The Labute approximate surface area is 186 Å². The van der Waals surface area contributed by atoms with Crippen LogP contribution in [0.4, 0.5) is 13.2 Å². The molecule has 0 radical (unpaired) electrons. The smallest absolute Gasteiger partial charge is 0.435 e. The van der Waals surface area contributed by atoms with E-state index in [2.05, 4.69) is 10.4 Å². The molecule has 3 aromatic rings. The summed E-state index contributed by atoms with van der Waals surface area (Å²) >= 11 is 6.07. The van der Waals surface area contributed by atoms with E-state index in [0.717, 1.165) is 4.68 Å². The van der Waals surface area contributed by atoms with Crippen molar-refractivity contribution < 1.29 is 32.2 Å². The number of alkyl halides is 3. The summed E-state index contributed by atoms with van der Waals surface area (Å²) in [6.07, 6.45) is -4.69. The fourth-order valence-electron chi connectivity index (χ4n) is 2.68. The first-order valence-electron chi connectivity index (χ1n) is 9.37. The van der Waals surface area contributed by atoms with Crippen molar-refractivity contribution in [1.82, 2.24) is 15.1 Å². The molecule has 1 N–H and O–H groups in total. The van der Waals surface area contributed by atoms with Crippen LogP contribution in [0.5, 0.6) is 17.4 Å². The van der Waals surface area contributed by atoms with E-state index >= 15 is 0 Å². The lowest BCUT2D eigenvalue weighted by molar-refractivity contribution is -0.141. The van der Waals surface area contributed by atoms with Crippen LogP contribution in [-0.2, 0) is 11.0 Å². The second kappa shape index (κ2) is 10.3. The molecule has 0 saturated carbocycles. The van der Waals surface area contributed by atoms with E-state index in [1.54, 1.807) is 36.4 Å². The Kier molecular flexibility index (Phi) is 7.47. The van der Waals surface area contributed by atoms with Gasteiger partial charge in [-0.05, 0) is 24.3 Å². The molecule has 0 unspecified atom stereocenters. The Morgan fingerprint density at radius 3 is 2.47 bits per heavy atom. The number of nitrogens with zero attached hydrogens (tertiary/aromatic N) is 2. The Morgan fingerprint density at radius 2 is 1.78 bits per heavy atom. The molecule has 0 bridgehead atoms. The van der Waals surface area contributed by atoms with Gasteiger partial charge in [0, 0.05) is 6.07 Å². The van der Waals surface area contributed by atoms with Gasteiger partial charge in [0.15, 0.2) is 23.8 Å². The number of amides is 1. The number of nitrogens with one attached hydrogen (secondary N) is 1. The molecular formula is C21H19ClF3N3O4. The van der Waals surface area contributed by atoms with E-state index in [9.17, 15) is 18.0 Å². The predicted octanol–water partition coefficient (Wildman–Crippen LogP) is 4.13. The van der Waals surface area contributed by atoms with Crippen molar-refractivity contribution in [3.8, 4) is 23.1 Å². The minimum absolute atomic E-state index is 0.151. The van der Waals surface area contributed by atoms with Crippen molar-refractivity contribution in [3.63, 3.8) is 0 Å². The largest absolute Gasteiger partial charge is 0.493 e. The summed E-state index contributed by atoms with van der Waals surface area (Å²) in [5, 5.41) is 6.27. The SMILES string of the molecule is COc1ccccc1OCCNC(=O)COc1cc(C(F)(F)F)nn1-c1ccccc1Cl. The highest BCUT2D eigenvalue weighted by atomic mass is 35.5. The van der Waals surface area contributed by atoms with Crippen molar-refractivity contribution in [3.05, 3.63) is 65.3 Å². The van der Waals surface area contributed by atoms with Gasteiger partial charge < -0.3 is 19.5 Å². The summed E-state index contributed by atoms with van der Waals surface area (Å²) in [6, 6.07) is 13.9. The standard InChI is InChI=1S/C21H19ClF3N3O4/c1-30-16-8-4-5-9-17(16)31-11-10-26-19(29)13-32-20-12-18(21(23,24)25)27-28(20)15-7-3-2-6-14(15)22/h2-9,12H,10-11,13H2,1H3,(H,26,29). The number of benzene rings is 2. The third-order valence-electron chi connectivity index (χ3n) is 4.15. The molecule has 1 aromatic heterocycles. The van der Waals surface area contributed by atoms with E-state index in [-0.39, 0.29) is 29.7 Å². The maximum Gasteiger partial charge on any atom is 0.435 e. The van der Waals surface area contributed by atoms with Crippen LogP contribution in [-0.4, -0.2) is 42.6 Å². The molecule has 0 spiro atoms. The first kappa shape index (κ1) is 23.3. The Balaban J connectivity index is 1.59. The van der Waals surface area contributed by atoms with Crippen LogP contribution in [0.25, 0.3) is 5.69 Å². The Morgan fingerprint density at radius 1 is 1.09 bits per heavy atom. The molecule has 0 aliphatic rings.